The maximum absolute atomic E-state index is 12.8. The number of fused-ring (bicyclic) bond motifs is 4. The summed E-state index contributed by atoms with van der Waals surface area (Å²) in [5, 5.41) is 22.9. The van der Waals surface area contributed by atoms with E-state index in [2.05, 4.69) is 134 Å². The summed E-state index contributed by atoms with van der Waals surface area (Å²) in [4.78, 5) is 35.0. The van der Waals surface area contributed by atoms with Crippen molar-refractivity contribution in [3.63, 3.8) is 0 Å². The zero-order valence-electron chi connectivity index (χ0n) is 74.0. The normalized spacial score (nSPS) is 17.3. The van der Waals surface area contributed by atoms with Crippen molar-refractivity contribution in [3.8, 4) is 44.5 Å². The molecule has 31 heteroatoms. The van der Waals surface area contributed by atoms with Crippen LogP contribution in [-0.4, -0.2) is 195 Å². The van der Waals surface area contributed by atoms with Crippen molar-refractivity contribution < 1.29 is 46.8 Å². The number of sulfonamides is 4. The monoisotopic (exact) mass is 1820 g/mol. The summed E-state index contributed by atoms with van der Waals surface area (Å²) < 4.78 is 144. The van der Waals surface area contributed by atoms with Crippen molar-refractivity contribution >= 4 is 106 Å². The first-order valence-electron chi connectivity index (χ1n) is 44.6. The van der Waals surface area contributed by atoms with Crippen LogP contribution in [0.25, 0.3) is 87.6 Å². The van der Waals surface area contributed by atoms with E-state index in [1.54, 1.807) is 25.3 Å². The molecule has 128 heavy (non-hydrogen) atoms. The van der Waals surface area contributed by atoms with Crippen molar-refractivity contribution in [2.24, 2.45) is 0 Å². The average Bonchev–Trinajstić information content (AvgIpc) is 0.790. The van der Waals surface area contributed by atoms with Crippen LogP contribution in [0.1, 0.15) is 150 Å². The molecule has 4 aliphatic heterocycles. The van der Waals surface area contributed by atoms with Gasteiger partial charge < -0.3 is 21.3 Å². The van der Waals surface area contributed by atoms with Gasteiger partial charge in [-0.2, -0.15) is 13.2 Å². The first-order valence-corrected chi connectivity index (χ1v) is 50.9. The number of hydrogen-bond donors (Lipinski definition) is 4. The molecule has 2 saturated carbocycles. The molecule has 0 unspecified atom stereocenters. The Morgan fingerprint density at radius 2 is 0.609 bits per heavy atom. The predicted octanol–water partition coefficient (Wildman–Crippen LogP) is 18.6. The van der Waals surface area contributed by atoms with Crippen molar-refractivity contribution in [2.45, 2.75) is 199 Å². The van der Waals surface area contributed by atoms with Crippen LogP contribution < -0.4 is 21.3 Å². The van der Waals surface area contributed by atoms with Crippen molar-refractivity contribution in [2.75, 3.05) is 85.1 Å². The van der Waals surface area contributed by atoms with Gasteiger partial charge in [-0.15, -0.1) is 0 Å². The van der Waals surface area contributed by atoms with E-state index < -0.39 is 52.0 Å². The highest BCUT2D eigenvalue weighted by atomic mass is 32.2. The molecular weight excluding hydrogens is 1700 g/mol. The fourth-order valence-electron chi connectivity index (χ4n) is 18.1. The lowest BCUT2D eigenvalue weighted by atomic mass is 9.99. The van der Waals surface area contributed by atoms with Gasteiger partial charge in [0.25, 0.3) is 0 Å². The third kappa shape index (κ3) is 22.8. The Balaban J connectivity index is 0.000000131. The van der Waals surface area contributed by atoms with Gasteiger partial charge in [-0.1, -0.05) is 26.2 Å². The number of nitrogens with one attached hydrogen (secondary N) is 4. The fraction of sp³-hybridized carbons (Fsp3) is 0.423. The van der Waals surface area contributed by atoms with E-state index in [1.807, 2.05) is 147 Å². The van der Waals surface area contributed by atoms with E-state index in [0.29, 0.717) is 52.1 Å². The van der Waals surface area contributed by atoms with E-state index in [-0.39, 0.29) is 53.5 Å². The van der Waals surface area contributed by atoms with Crippen molar-refractivity contribution in [1.82, 2.24) is 57.1 Å². The molecule has 4 N–H and O–H groups in total. The summed E-state index contributed by atoms with van der Waals surface area (Å²) in [6, 6.07) is 42.5. The summed E-state index contributed by atoms with van der Waals surface area (Å²) in [7, 11) is -13.7. The van der Waals surface area contributed by atoms with Crippen LogP contribution >= 0.6 is 0 Å². The molecule has 24 nitrogen and oxygen atoms in total. The third-order valence-electron chi connectivity index (χ3n) is 25.3. The minimum absolute atomic E-state index is 0.0503. The van der Waals surface area contributed by atoms with Crippen LogP contribution in [0.2, 0.25) is 0 Å². The number of piperidine rings is 4. The number of nitrogens with zero attached hydrogens (tertiary/aromatic N) is 12. The number of alkyl halides is 3. The van der Waals surface area contributed by atoms with Crippen LogP contribution in [0.15, 0.2) is 177 Å². The van der Waals surface area contributed by atoms with Gasteiger partial charge in [-0.05, 0) is 319 Å². The lowest BCUT2D eigenvalue weighted by molar-refractivity contribution is -0.107. The maximum atomic E-state index is 12.8. The molecule has 8 aromatic heterocycles. The number of benzene rings is 4. The summed E-state index contributed by atoms with van der Waals surface area (Å²) in [5.74, 6) is -1.56. The molecule has 0 radical (unpaired) electrons. The molecule has 12 aromatic rings. The summed E-state index contributed by atoms with van der Waals surface area (Å²) in [6.45, 7) is 19.6. The number of pyridine rings is 8. The second-order valence-electron chi connectivity index (χ2n) is 35.1. The molecular formula is C97H115F3N16O8S4. The van der Waals surface area contributed by atoms with Crippen LogP contribution in [0.3, 0.4) is 0 Å². The van der Waals surface area contributed by atoms with Gasteiger partial charge >= 0.3 is 6.18 Å². The lowest BCUT2D eigenvalue weighted by Gasteiger charge is -2.37. The molecule has 4 aromatic carbocycles. The summed E-state index contributed by atoms with van der Waals surface area (Å²) >= 11 is 0. The molecule has 18 rings (SSSR count). The van der Waals surface area contributed by atoms with Crippen molar-refractivity contribution in [1.29, 1.82) is 0 Å². The van der Waals surface area contributed by atoms with Gasteiger partial charge in [0, 0.05) is 216 Å². The molecule has 0 atom stereocenters. The Morgan fingerprint density at radius 3 is 0.883 bits per heavy atom. The number of unbranched alkanes of at least 4 members (excludes halogenated alkanes) is 1. The molecule has 0 spiro atoms. The number of hydrogen-bond acceptors (Lipinski definition) is 20. The van der Waals surface area contributed by atoms with E-state index in [4.69, 9.17) is 0 Å². The SMILES string of the molecule is CCCCS(=O)(=O)N1CCC(Nc2cc(-c3cc(C)nc(C)c3)cc3ccncc23)CC1.Cc1cc(-c2cc(NC3CCN(S(=O)(=O)C4CCC4)CC3)c3cnccc3c2)cc(C)n1.Cc1cc(-c2cc(NC3CCN(S(=O)(=O)C4CCC4)CC3)c3cnccc3c2)ccn1.Cc1cc(-c2cc(NC3CCN(S(=O)(=O)CC(F)(F)F)CC3)c3cnccc3c2)cc(C)n1. The van der Waals surface area contributed by atoms with Crippen LogP contribution in [-0.2, 0) is 40.1 Å². The van der Waals surface area contributed by atoms with E-state index >= 15 is 0 Å². The van der Waals surface area contributed by atoms with Crippen LogP contribution in [0, 0.1) is 48.5 Å². The van der Waals surface area contributed by atoms with Gasteiger partial charge in [0.2, 0.25) is 40.1 Å². The Labute approximate surface area is 750 Å². The first kappa shape index (κ1) is 92.5. The summed E-state index contributed by atoms with van der Waals surface area (Å²) in [6.07, 6.45) is 24.4. The molecule has 2 aliphatic carbocycles. The summed E-state index contributed by atoms with van der Waals surface area (Å²) in [5.41, 5.74) is 19.7. The number of aryl methyl sites for hydroxylation is 7. The second-order valence-corrected chi connectivity index (χ2v) is 43.6. The Bertz CT molecular complexity index is 6420. The van der Waals surface area contributed by atoms with Crippen molar-refractivity contribution in [3.05, 3.63) is 217 Å². The first-order chi connectivity index (χ1) is 61.3. The van der Waals surface area contributed by atoms with Gasteiger partial charge in [-0.25, -0.2) is 50.9 Å². The highest BCUT2D eigenvalue weighted by molar-refractivity contribution is 7.90. The van der Waals surface area contributed by atoms with E-state index in [0.717, 1.165) is 244 Å². The van der Waals surface area contributed by atoms with Crippen LogP contribution in [0.4, 0.5) is 35.9 Å². The molecule has 0 bridgehead atoms. The Morgan fingerprint density at radius 1 is 0.336 bits per heavy atom. The van der Waals surface area contributed by atoms with E-state index in [1.165, 1.54) is 0 Å². The number of rotatable bonds is 22. The third-order valence-corrected chi connectivity index (χ3v) is 33.9. The molecule has 4 saturated heterocycles. The molecule has 6 fully saturated rings. The Kier molecular flexibility index (Phi) is 28.9. The number of aromatic nitrogens is 8. The molecule has 676 valence electrons. The second kappa shape index (κ2) is 40.0. The standard InChI is InChI=1S/C25H30N4O2S.C25H32N4O2S.C24H28N4O2S.C23H25F3N4O2S/c1-17-12-20(13-18(2)27-17)21-14-19-6-9-26-16-24(19)25(15-21)28-22-7-10-29(11-8-22)32(30,31)23-4-3-5-23;1-4-5-12-32(30,31)29-10-7-23(8-11-29)28-25-16-22(15-20-6-9-26-17-24(20)25)21-13-18(2)27-19(3)14-21;1-17-13-18(6-10-26-17)20-14-19-5-9-25-16-23(19)24(15-20)27-21-7-11-28(12-8-21)31(29,30)22-3-2-4-22;1-15-9-18(10-16(2)28-15)19-11-17-3-6-27-13-21(17)22(12-19)29-20-4-7-30(8-5-20)33(31,32)14-23(24,25)26/h6,9,12-16,22-23,28H,3-5,7-8,10-11H2,1-2H3;6,9,13-17,23,28H,4-5,7-8,10-12H2,1-3H3;5-6,9-10,13-16,21-22,27H,2-4,7-8,11-12H2,1H3;3,6,9-13,20,29H,4-5,7-8,14H2,1-2H3. The number of halogens is 3. The van der Waals surface area contributed by atoms with E-state index in [9.17, 15) is 46.8 Å². The molecule has 0 amide bonds. The average molecular weight is 1820 g/mol. The van der Waals surface area contributed by atoms with Crippen LogP contribution in [0.5, 0.6) is 0 Å². The zero-order chi connectivity index (χ0) is 90.2. The maximum Gasteiger partial charge on any atom is 0.404 e. The van der Waals surface area contributed by atoms with Gasteiger partial charge in [0.15, 0.2) is 5.75 Å². The quantitative estimate of drug-likeness (QED) is 0.0490. The van der Waals surface area contributed by atoms with Gasteiger partial charge in [-0.3, -0.25) is 39.9 Å². The smallest absolute Gasteiger partial charge is 0.382 e. The predicted molar refractivity (Wildman–Crippen MR) is 508 cm³/mol. The largest absolute Gasteiger partial charge is 0.404 e. The van der Waals surface area contributed by atoms with Gasteiger partial charge in [0.1, 0.15) is 0 Å². The number of anilines is 4. The minimum Gasteiger partial charge on any atom is -0.382 e. The highest BCUT2D eigenvalue weighted by Crippen LogP contribution is 2.41. The van der Waals surface area contributed by atoms with Gasteiger partial charge in [0.05, 0.1) is 16.3 Å². The zero-order valence-corrected chi connectivity index (χ0v) is 77.3. The lowest BCUT2D eigenvalue weighted by Crippen LogP contribution is -2.47. The highest BCUT2D eigenvalue weighted by Gasteiger charge is 2.42. The topological polar surface area (TPSA) is 301 Å². The fourth-order valence-corrected chi connectivity index (χ4v) is 25.3. The Hall–Kier alpha value is -10.3. The molecule has 12 heterocycles. The molecule has 6 aliphatic rings. The minimum atomic E-state index is -4.75.